The minimum absolute atomic E-state index is 0.0399. The van der Waals surface area contributed by atoms with Crippen molar-refractivity contribution in [2.75, 3.05) is 11.9 Å². The van der Waals surface area contributed by atoms with E-state index in [0.29, 0.717) is 17.4 Å². The molecule has 1 aliphatic rings. The molecule has 0 spiro atoms. The largest absolute Gasteiger partial charge is 0.352 e. The first-order chi connectivity index (χ1) is 13.6. The van der Waals surface area contributed by atoms with Crippen LogP contribution in [-0.2, 0) is 4.79 Å². The van der Waals surface area contributed by atoms with E-state index in [1.54, 1.807) is 12.1 Å². The highest BCUT2D eigenvalue weighted by atomic mass is 16.2. The van der Waals surface area contributed by atoms with Gasteiger partial charge in [0.2, 0.25) is 5.91 Å². The van der Waals surface area contributed by atoms with E-state index < -0.39 is 0 Å². The number of nitrogens with one attached hydrogen (secondary N) is 2. The van der Waals surface area contributed by atoms with E-state index in [9.17, 15) is 9.59 Å². The van der Waals surface area contributed by atoms with Crippen molar-refractivity contribution in [3.63, 3.8) is 0 Å². The number of hydrogen-bond donors (Lipinski definition) is 2. The molecule has 0 aromatic heterocycles. The zero-order valence-corrected chi connectivity index (χ0v) is 17.9. The van der Waals surface area contributed by atoms with Crippen LogP contribution in [0.1, 0.15) is 88.9 Å². The molecule has 1 fully saturated rings. The summed E-state index contributed by atoms with van der Waals surface area (Å²) < 4.78 is 0. The van der Waals surface area contributed by atoms with Crippen LogP contribution in [0, 0.1) is 17.8 Å². The van der Waals surface area contributed by atoms with Gasteiger partial charge in [0.1, 0.15) is 0 Å². The summed E-state index contributed by atoms with van der Waals surface area (Å²) in [6.45, 7) is 7.30. The molecule has 0 unspecified atom stereocenters. The van der Waals surface area contributed by atoms with Crippen LogP contribution in [0.15, 0.2) is 24.3 Å². The van der Waals surface area contributed by atoms with Gasteiger partial charge in [-0.15, -0.1) is 0 Å². The average molecular weight is 387 g/mol. The number of carbonyl (C=O) groups excluding carboxylic acids is 2. The molecule has 156 valence electrons. The summed E-state index contributed by atoms with van der Waals surface area (Å²) in [6, 6.07) is 7.23. The molecule has 0 radical (unpaired) electrons. The van der Waals surface area contributed by atoms with Crippen molar-refractivity contribution in [2.24, 2.45) is 17.8 Å². The number of hydrogen-bond acceptors (Lipinski definition) is 2. The Morgan fingerprint density at radius 1 is 0.893 bits per heavy atom. The van der Waals surface area contributed by atoms with Crippen LogP contribution in [0.25, 0.3) is 0 Å². The van der Waals surface area contributed by atoms with Crippen LogP contribution in [-0.4, -0.2) is 18.4 Å². The Morgan fingerprint density at radius 2 is 1.54 bits per heavy atom. The van der Waals surface area contributed by atoms with Crippen LogP contribution < -0.4 is 10.6 Å². The Kier molecular flexibility index (Phi) is 9.52. The first-order valence-corrected chi connectivity index (χ1v) is 11.3. The van der Waals surface area contributed by atoms with Crippen LogP contribution >= 0.6 is 0 Å². The zero-order chi connectivity index (χ0) is 20.4. The van der Waals surface area contributed by atoms with Crippen molar-refractivity contribution in [3.8, 4) is 0 Å². The molecule has 0 aliphatic heterocycles. The quantitative estimate of drug-likeness (QED) is 0.422. The Morgan fingerprint density at radius 3 is 2.21 bits per heavy atom. The molecule has 28 heavy (non-hydrogen) atoms. The lowest BCUT2D eigenvalue weighted by molar-refractivity contribution is -0.117. The SMILES string of the molecule is CCCCCCCCNC(=O)c1ccc(NC(=O)[C@@H]2[C@H](C)[C@H]2CCCC)cc1. The van der Waals surface area contributed by atoms with Crippen molar-refractivity contribution < 1.29 is 9.59 Å². The van der Waals surface area contributed by atoms with E-state index in [1.807, 2.05) is 12.1 Å². The van der Waals surface area contributed by atoms with Gasteiger partial charge >= 0.3 is 0 Å². The highest BCUT2D eigenvalue weighted by Gasteiger charge is 2.50. The standard InChI is InChI=1S/C24H38N2O2/c1-4-6-8-9-10-11-17-25-23(27)19-13-15-20(16-14-19)26-24(28)22-18(3)21(22)12-7-5-2/h13-16,18,21-22H,4-12,17H2,1-3H3,(H,25,27)(H,26,28)/t18-,21-,22-/m1/s1. The summed E-state index contributed by atoms with van der Waals surface area (Å²) >= 11 is 0. The molecule has 2 N–H and O–H groups in total. The summed E-state index contributed by atoms with van der Waals surface area (Å²) in [4.78, 5) is 24.7. The molecular formula is C24H38N2O2. The van der Waals surface area contributed by atoms with Crippen LogP contribution in [0.4, 0.5) is 5.69 Å². The molecule has 1 aliphatic carbocycles. The van der Waals surface area contributed by atoms with Crippen LogP contribution in [0.2, 0.25) is 0 Å². The third kappa shape index (κ3) is 6.96. The maximum Gasteiger partial charge on any atom is 0.251 e. The smallest absolute Gasteiger partial charge is 0.251 e. The third-order valence-electron chi connectivity index (χ3n) is 5.99. The van der Waals surface area contributed by atoms with Gasteiger partial charge in [-0.2, -0.15) is 0 Å². The van der Waals surface area contributed by atoms with E-state index in [4.69, 9.17) is 0 Å². The Labute approximate surface area is 170 Å². The average Bonchev–Trinajstić information content (AvgIpc) is 3.35. The molecule has 0 heterocycles. The van der Waals surface area contributed by atoms with E-state index >= 15 is 0 Å². The number of carbonyl (C=O) groups is 2. The van der Waals surface area contributed by atoms with Gasteiger partial charge in [-0.3, -0.25) is 9.59 Å². The molecule has 4 nitrogen and oxygen atoms in total. The fraction of sp³-hybridized carbons (Fsp3) is 0.667. The molecule has 4 heteroatoms. The molecule has 1 aromatic carbocycles. The molecule has 1 aromatic rings. The predicted octanol–water partition coefficient (Wildman–Crippen LogP) is 5.79. The second-order valence-electron chi connectivity index (χ2n) is 8.28. The lowest BCUT2D eigenvalue weighted by atomic mass is 10.1. The topological polar surface area (TPSA) is 58.2 Å². The molecule has 0 bridgehead atoms. The van der Waals surface area contributed by atoms with Gasteiger partial charge in [-0.1, -0.05) is 65.7 Å². The van der Waals surface area contributed by atoms with Crippen LogP contribution in [0.3, 0.4) is 0 Å². The maximum absolute atomic E-state index is 12.5. The molecule has 2 rings (SSSR count). The summed E-state index contributed by atoms with van der Waals surface area (Å²) in [5.41, 5.74) is 1.41. The maximum atomic E-state index is 12.5. The first-order valence-electron chi connectivity index (χ1n) is 11.3. The van der Waals surface area contributed by atoms with Crippen molar-refractivity contribution in [1.29, 1.82) is 0 Å². The molecule has 0 saturated heterocycles. The fourth-order valence-corrected chi connectivity index (χ4v) is 4.00. The molecule has 1 saturated carbocycles. The van der Waals surface area contributed by atoms with Gasteiger partial charge in [0.25, 0.3) is 5.91 Å². The van der Waals surface area contributed by atoms with E-state index in [-0.39, 0.29) is 17.7 Å². The van der Waals surface area contributed by atoms with Crippen molar-refractivity contribution in [2.45, 2.75) is 78.6 Å². The number of amides is 2. The van der Waals surface area contributed by atoms with Crippen LogP contribution in [0.5, 0.6) is 0 Å². The Balaban J connectivity index is 1.69. The van der Waals surface area contributed by atoms with Gasteiger partial charge in [-0.25, -0.2) is 0 Å². The highest BCUT2D eigenvalue weighted by Crippen LogP contribution is 2.49. The summed E-state index contributed by atoms with van der Waals surface area (Å²) in [7, 11) is 0. The van der Waals surface area contributed by atoms with Gasteiger partial charge in [-0.05, 0) is 48.9 Å². The summed E-state index contributed by atoms with van der Waals surface area (Å²) in [5.74, 6) is 1.24. The molecule has 3 atom stereocenters. The third-order valence-corrected chi connectivity index (χ3v) is 5.99. The Hall–Kier alpha value is -1.84. The van der Waals surface area contributed by atoms with E-state index in [1.165, 1.54) is 44.9 Å². The van der Waals surface area contributed by atoms with Crippen molar-refractivity contribution in [1.82, 2.24) is 5.32 Å². The van der Waals surface area contributed by atoms with Gasteiger partial charge < -0.3 is 10.6 Å². The minimum atomic E-state index is -0.0399. The zero-order valence-electron chi connectivity index (χ0n) is 17.9. The monoisotopic (exact) mass is 386 g/mol. The van der Waals surface area contributed by atoms with Crippen molar-refractivity contribution in [3.05, 3.63) is 29.8 Å². The summed E-state index contributed by atoms with van der Waals surface area (Å²) in [6.07, 6.45) is 10.8. The lowest BCUT2D eigenvalue weighted by Crippen LogP contribution is -2.24. The fourth-order valence-electron chi connectivity index (χ4n) is 4.00. The van der Waals surface area contributed by atoms with Gasteiger partial charge in [0.15, 0.2) is 0 Å². The van der Waals surface area contributed by atoms with E-state index in [2.05, 4.69) is 31.4 Å². The highest BCUT2D eigenvalue weighted by molar-refractivity contribution is 5.97. The first kappa shape index (κ1) is 22.4. The van der Waals surface area contributed by atoms with E-state index in [0.717, 1.165) is 25.1 Å². The van der Waals surface area contributed by atoms with Gasteiger partial charge in [0, 0.05) is 23.7 Å². The second-order valence-corrected chi connectivity index (χ2v) is 8.28. The Bertz CT molecular complexity index is 612. The summed E-state index contributed by atoms with van der Waals surface area (Å²) in [5, 5.41) is 6.00. The van der Waals surface area contributed by atoms with Crippen molar-refractivity contribution >= 4 is 17.5 Å². The van der Waals surface area contributed by atoms with Gasteiger partial charge in [0.05, 0.1) is 0 Å². The number of benzene rings is 1. The molecular weight excluding hydrogens is 348 g/mol. The normalized spacial score (nSPS) is 20.6. The number of unbranched alkanes of at least 4 members (excludes halogenated alkanes) is 6. The second kappa shape index (κ2) is 11.9. The molecule has 2 amide bonds. The lowest BCUT2D eigenvalue weighted by Gasteiger charge is -2.08. The number of anilines is 1. The minimum Gasteiger partial charge on any atom is -0.352 e. The number of rotatable bonds is 13. The predicted molar refractivity (Wildman–Crippen MR) is 116 cm³/mol.